The third kappa shape index (κ3) is 7.17. The highest BCUT2D eigenvalue weighted by Gasteiger charge is 2.26. The van der Waals surface area contributed by atoms with Crippen LogP contribution < -0.4 is 10.1 Å². The summed E-state index contributed by atoms with van der Waals surface area (Å²) in [5.74, 6) is 0.168. The molecule has 0 spiro atoms. The van der Waals surface area contributed by atoms with Crippen LogP contribution in [-0.2, 0) is 4.79 Å². The molecule has 5 rings (SSSR count). The van der Waals surface area contributed by atoms with Gasteiger partial charge in [0.25, 0.3) is 11.8 Å². The molecule has 3 heterocycles. The number of ether oxygens (including phenoxy) is 1. The summed E-state index contributed by atoms with van der Waals surface area (Å²) in [6.07, 6.45) is 0.759. The zero-order chi connectivity index (χ0) is 28.8. The van der Waals surface area contributed by atoms with Crippen LogP contribution in [0.5, 0.6) is 5.75 Å². The van der Waals surface area contributed by atoms with E-state index < -0.39 is 11.9 Å². The first-order valence-electron chi connectivity index (χ1n) is 13.6. The Labute approximate surface area is 241 Å². The van der Waals surface area contributed by atoms with E-state index in [1.807, 2.05) is 42.6 Å². The van der Waals surface area contributed by atoms with Crippen molar-refractivity contribution in [1.82, 2.24) is 25.3 Å². The topological polar surface area (TPSA) is 101 Å². The van der Waals surface area contributed by atoms with E-state index in [1.54, 1.807) is 30.0 Å². The molecule has 4 aromatic rings. The van der Waals surface area contributed by atoms with Gasteiger partial charge in [0.2, 0.25) is 11.7 Å². The number of benzene rings is 2. The lowest BCUT2D eigenvalue weighted by atomic mass is 10.1. The lowest BCUT2D eigenvalue weighted by Crippen LogP contribution is -2.54. The number of aromatic nitrogens is 2. The van der Waals surface area contributed by atoms with Gasteiger partial charge in [-0.25, -0.2) is 4.39 Å². The molecule has 0 aliphatic carbocycles. The number of amides is 2. The highest BCUT2D eigenvalue weighted by molar-refractivity contribution is 7.12. The number of nitrogens with zero attached hydrogens (tertiary/aromatic N) is 4. The molecule has 1 unspecified atom stereocenters. The molecular formula is C30H32FN5O4S. The Bertz CT molecular complexity index is 1480. The van der Waals surface area contributed by atoms with Gasteiger partial charge in [0.15, 0.2) is 0 Å². The van der Waals surface area contributed by atoms with E-state index in [0.29, 0.717) is 36.2 Å². The van der Waals surface area contributed by atoms with Crippen LogP contribution in [-0.4, -0.2) is 77.1 Å². The molecule has 1 saturated heterocycles. The smallest absolute Gasteiger partial charge is 0.261 e. The number of rotatable bonds is 10. The van der Waals surface area contributed by atoms with Gasteiger partial charge in [-0.2, -0.15) is 4.98 Å². The standard InChI is InChI=1S/C30H32FN5O4S/c1-20-6-3-7-22(18-20)29-33-27(34-40-29)24-10-9-23(19-25(24)31)39-16-5-11-35-12-14-36(15-13-35)30(38)21(2)32-28(37)26-8-4-17-41-26/h3-4,6-10,17-19,21H,5,11-16H2,1-2H3,(H,32,37). The summed E-state index contributed by atoms with van der Waals surface area (Å²) in [7, 11) is 0. The van der Waals surface area contributed by atoms with Crippen molar-refractivity contribution in [3.8, 4) is 28.6 Å². The first-order valence-corrected chi connectivity index (χ1v) is 14.4. The molecule has 1 N–H and O–H groups in total. The predicted octanol–water partition coefficient (Wildman–Crippen LogP) is 4.64. The number of thiophene rings is 1. The first-order chi connectivity index (χ1) is 19.9. The van der Waals surface area contributed by atoms with Crippen LogP contribution in [0.2, 0.25) is 0 Å². The molecule has 0 radical (unpaired) electrons. The van der Waals surface area contributed by atoms with Crippen LogP contribution in [0, 0.1) is 12.7 Å². The molecule has 1 aliphatic heterocycles. The summed E-state index contributed by atoms with van der Waals surface area (Å²) in [5, 5.41) is 8.56. The summed E-state index contributed by atoms with van der Waals surface area (Å²) >= 11 is 1.35. The minimum Gasteiger partial charge on any atom is -0.493 e. The van der Waals surface area contributed by atoms with Crippen LogP contribution >= 0.6 is 11.3 Å². The average molecular weight is 578 g/mol. The molecule has 1 fully saturated rings. The van der Waals surface area contributed by atoms with Gasteiger partial charge in [-0.05, 0) is 56.0 Å². The van der Waals surface area contributed by atoms with Gasteiger partial charge in [0.05, 0.1) is 17.0 Å². The van der Waals surface area contributed by atoms with Gasteiger partial charge in [-0.1, -0.05) is 28.9 Å². The lowest BCUT2D eigenvalue weighted by molar-refractivity contribution is -0.134. The highest BCUT2D eigenvalue weighted by Crippen LogP contribution is 2.27. The maximum atomic E-state index is 14.8. The fourth-order valence-corrected chi connectivity index (χ4v) is 5.30. The summed E-state index contributed by atoms with van der Waals surface area (Å²) in [6.45, 7) is 7.63. The van der Waals surface area contributed by atoms with E-state index in [-0.39, 0.29) is 23.2 Å². The molecule has 2 aromatic heterocycles. The van der Waals surface area contributed by atoms with Crippen LogP contribution in [0.4, 0.5) is 4.39 Å². The molecule has 1 aliphatic rings. The zero-order valence-corrected chi connectivity index (χ0v) is 23.8. The second kappa shape index (κ2) is 13.0. The monoisotopic (exact) mass is 577 g/mol. The molecule has 2 amide bonds. The Balaban J connectivity index is 1.03. The van der Waals surface area contributed by atoms with Gasteiger partial charge in [0, 0.05) is 44.4 Å². The number of hydrogen-bond acceptors (Lipinski definition) is 8. The van der Waals surface area contributed by atoms with Gasteiger partial charge in [-0.15, -0.1) is 11.3 Å². The van der Waals surface area contributed by atoms with Crippen LogP contribution in [0.3, 0.4) is 0 Å². The van der Waals surface area contributed by atoms with Gasteiger partial charge < -0.3 is 19.5 Å². The van der Waals surface area contributed by atoms with E-state index in [1.165, 1.54) is 17.4 Å². The summed E-state index contributed by atoms with van der Waals surface area (Å²) in [4.78, 5) is 34.0. The summed E-state index contributed by atoms with van der Waals surface area (Å²) in [5.41, 5.74) is 2.09. The minimum absolute atomic E-state index is 0.0735. The summed E-state index contributed by atoms with van der Waals surface area (Å²) < 4.78 is 26.0. The van der Waals surface area contributed by atoms with Crippen LogP contribution in [0.25, 0.3) is 22.8 Å². The third-order valence-electron chi connectivity index (χ3n) is 6.91. The Morgan fingerprint density at radius 1 is 1.12 bits per heavy atom. The van der Waals surface area contributed by atoms with Crippen molar-refractivity contribution in [2.45, 2.75) is 26.3 Å². The predicted molar refractivity (Wildman–Crippen MR) is 154 cm³/mol. The van der Waals surface area contributed by atoms with Crippen LogP contribution in [0.1, 0.15) is 28.6 Å². The molecular weight excluding hydrogens is 545 g/mol. The second-order valence-corrected chi connectivity index (χ2v) is 10.9. The summed E-state index contributed by atoms with van der Waals surface area (Å²) in [6, 6.07) is 15.3. The number of halogens is 1. The largest absolute Gasteiger partial charge is 0.493 e. The molecule has 11 heteroatoms. The Morgan fingerprint density at radius 2 is 1.95 bits per heavy atom. The van der Waals surface area contributed by atoms with Gasteiger partial charge >= 0.3 is 0 Å². The third-order valence-corrected chi connectivity index (χ3v) is 7.78. The molecule has 2 aromatic carbocycles. The van der Waals surface area contributed by atoms with Crippen molar-refractivity contribution >= 4 is 23.2 Å². The fourth-order valence-electron chi connectivity index (χ4n) is 4.68. The number of carbonyl (C=O) groups excluding carboxylic acids is 2. The van der Waals surface area contributed by atoms with Crippen LogP contribution in [0.15, 0.2) is 64.5 Å². The molecule has 0 saturated carbocycles. The van der Waals surface area contributed by atoms with E-state index in [9.17, 15) is 14.0 Å². The molecule has 0 bridgehead atoms. The minimum atomic E-state index is -0.577. The Hall–Kier alpha value is -4.09. The van der Waals surface area contributed by atoms with Crippen molar-refractivity contribution < 1.29 is 23.2 Å². The number of piperazine rings is 1. The second-order valence-electron chi connectivity index (χ2n) is 9.98. The zero-order valence-electron chi connectivity index (χ0n) is 23.0. The van der Waals surface area contributed by atoms with E-state index in [0.717, 1.165) is 37.2 Å². The van der Waals surface area contributed by atoms with E-state index >= 15 is 0 Å². The number of hydrogen-bond donors (Lipinski definition) is 1. The van der Waals surface area contributed by atoms with Gasteiger partial charge in [0.1, 0.15) is 17.6 Å². The quantitative estimate of drug-likeness (QED) is 0.274. The number of nitrogens with one attached hydrogen (secondary N) is 1. The highest BCUT2D eigenvalue weighted by atomic mass is 32.1. The number of aryl methyl sites for hydroxylation is 1. The molecule has 214 valence electrons. The number of carbonyl (C=O) groups is 2. The van der Waals surface area contributed by atoms with Gasteiger partial charge in [-0.3, -0.25) is 14.5 Å². The molecule has 9 nitrogen and oxygen atoms in total. The fraction of sp³-hybridized carbons (Fsp3) is 0.333. The van der Waals surface area contributed by atoms with Crippen molar-refractivity contribution in [2.24, 2.45) is 0 Å². The van der Waals surface area contributed by atoms with E-state index in [2.05, 4.69) is 20.4 Å². The first kappa shape index (κ1) is 28.4. The lowest BCUT2D eigenvalue weighted by Gasteiger charge is -2.36. The van der Waals surface area contributed by atoms with Crippen molar-refractivity contribution in [1.29, 1.82) is 0 Å². The Morgan fingerprint density at radius 3 is 2.68 bits per heavy atom. The van der Waals surface area contributed by atoms with Crippen molar-refractivity contribution in [3.63, 3.8) is 0 Å². The normalized spacial score (nSPS) is 14.6. The van der Waals surface area contributed by atoms with E-state index in [4.69, 9.17) is 9.26 Å². The molecule has 1 atom stereocenters. The maximum absolute atomic E-state index is 14.8. The SMILES string of the molecule is Cc1cccc(-c2nc(-c3ccc(OCCCN4CCN(C(=O)C(C)NC(=O)c5cccs5)CC4)cc3F)no2)c1. The Kier molecular flexibility index (Phi) is 9.05. The van der Waals surface area contributed by atoms with Crippen molar-refractivity contribution in [2.75, 3.05) is 39.3 Å². The molecule has 41 heavy (non-hydrogen) atoms. The average Bonchev–Trinajstić information content (AvgIpc) is 3.69. The van der Waals surface area contributed by atoms with Crippen molar-refractivity contribution in [3.05, 3.63) is 76.2 Å². The maximum Gasteiger partial charge on any atom is 0.261 e.